The molecule has 0 aliphatic rings. The van der Waals surface area contributed by atoms with Crippen molar-refractivity contribution in [2.45, 2.75) is 52.7 Å². The molecule has 0 bridgehead atoms. The minimum absolute atomic E-state index is 0.190. The zero-order valence-corrected chi connectivity index (χ0v) is 25.5. The van der Waals surface area contributed by atoms with E-state index in [0.717, 1.165) is 52.1 Å². The second kappa shape index (κ2) is 16.3. The summed E-state index contributed by atoms with van der Waals surface area (Å²) in [5.74, 6) is 0. The molecule has 0 amide bonds. The number of hydrogen-bond acceptors (Lipinski definition) is 3. The van der Waals surface area contributed by atoms with Gasteiger partial charge in [0.15, 0.2) is 0 Å². The lowest BCUT2D eigenvalue weighted by molar-refractivity contribution is 0.0298. The number of likely N-dealkylation sites (N-methyl/N-ethyl adjacent to an activating group) is 2. The summed E-state index contributed by atoms with van der Waals surface area (Å²) in [6.07, 6.45) is 1.62. The maximum Gasteiger partial charge on any atom is 0.109 e. The van der Waals surface area contributed by atoms with Gasteiger partial charge >= 0.3 is 0 Å². The first-order chi connectivity index (χ1) is 20.2. The van der Waals surface area contributed by atoms with Crippen LogP contribution in [0.4, 0.5) is 0 Å². The van der Waals surface area contributed by atoms with Gasteiger partial charge in [-0.25, -0.2) is 0 Å². The van der Waals surface area contributed by atoms with Gasteiger partial charge in [-0.15, -0.1) is 0 Å². The van der Waals surface area contributed by atoms with Crippen LogP contribution in [0.15, 0.2) is 109 Å². The van der Waals surface area contributed by atoms with Crippen LogP contribution < -0.4 is 0 Å². The van der Waals surface area contributed by atoms with Crippen molar-refractivity contribution >= 4 is 0 Å². The summed E-state index contributed by atoms with van der Waals surface area (Å²) < 4.78 is 7.37. The van der Waals surface area contributed by atoms with Crippen LogP contribution in [0.1, 0.15) is 73.3 Å². The second-order valence-electron chi connectivity index (χ2n) is 10.7. The Kier molecular flexibility index (Phi) is 12.2. The van der Waals surface area contributed by atoms with Gasteiger partial charge in [-0.3, -0.25) is 0 Å². The normalized spacial score (nSPS) is 13.0. The third-order valence-corrected chi connectivity index (χ3v) is 8.34. The van der Waals surface area contributed by atoms with Gasteiger partial charge in [0.25, 0.3) is 0 Å². The molecule has 4 aromatic rings. The first-order valence-corrected chi connectivity index (χ1v) is 15.5. The Hall–Kier alpha value is -3.24. The average Bonchev–Trinajstić information content (AvgIpc) is 3.04. The predicted molar refractivity (Wildman–Crippen MR) is 174 cm³/mol. The average molecular weight is 549 g/mol. The molecule has 0 aliphatic heterocycles. The highest BCUT2D eigenvalue weighted by Crippen LogP contribution is 2.38. The van der Waals surface area contributed by atoms with Crippen molar-refractivity contribution in [3.63, 3.8) is 0 Å². The molecule has 216 valence electrons. The highest BCUT2D eigenvalue weighted by atomic mass is 16.5. The fourth-order valence-corrected chi connectivity index (χ4v) is 5.73. The molecule has 3 heteroatoms. The third-order valence-electron chi connectivity index (χ3n) is 8.34. The quantitative estimate of drug-likeness (QED) is 0.140. The summed E-state index contributed by atoms with van der Waals surface area (Å²) in [5.41, 5.74) is 7.60. The molecule has 0 heterocycles. The van der Waals surface area contributed by atoms with E-state index in [-0.39, 0.29) is 12.2 Å². The zero-order valence-electron chi connectivity index (χ0n) is 25.5. The van der Waals surface area contributed by atoms with Gasteiger partial charge in [0.1, 0.15) is 12.2 Å². The highest BCUT2D eigenvalue weighted by Gasteiger charge is 2.26. The summed E-state index contributed by atoms with van der Waals surface area (Å²) in [7, 11) is 0. The van der Waals surface area contributed by atoms with Crippen LogP contribution in [0.2, 0.25) is 0 Å². The lowest BCUT2D eigenvalue weighted by Gasteiger charge is -2.30. The van der Waals surface area contributed by atoms with Gasteiger partial charge in [-0.2, -0.15) is 0 Å². The molecule has 3 nitrogen and oxygen atoms in total. The first kappa shape index (κ1) is 30.7. The van der Waals surface area contributed by atoms with Crippen molar-refractivity contribution < 1.29 is 4.74 Å². The molecule has 0 saturated carbocycles. The molecule has 2 atom stereocenters. The van der Waals surface area contributed by atoms with Crippen molar-refractivity contribution in [2.75, 3.05) is 39.3 Å². The Labute approximate surface area is 248 Å². The van der Waals surface area contributed by atoms with Crippen LogP contribution in [-0.2, 0) is 17.6 Å². The lowest BCUT2D eigenvalue weighted by atomic mass is 9.92. The van der Waals surface area contributed by atoms with Gasteiger partial charge in [0.05, 0.1) is 0 Å². The molecule has 0 N–H and O–H groups in total. The van der Waals surface area contributed by atoms with Crippen molar-refractivity contribution in [3.8, 4) is 0 Å². The van der Waals surface area contributed by atoms with Crippen LogP contribution in [0, 0.1) is 0 Å². The van der Waals surface area contributed by atoms with E-state index in [1.54, 1.807) is 0 Å². The van der Waals surface area contributed by atoms with Crippen LogP contribution in [0.25, 0.3) is 0 Å². The summed E-state index contributed by atoms with van der Waals surface area (Å²) in [6.45, 7) is 15.3. The largest absolute Gasteiger partial charge is 0.356 e. The van der Waals surface area contributed by atoms with Gasteiger partial charge in [0.2, 0.25) is 0 Å². The lowest BCUT2D eigenvalue weighted by Crippen LogP contribution is -2.26. The monoisotopic (exact) mass is 548 g/mol. The molecular formula is C38H48N2O. The number of rotatable bonds is 16. The number of benzene rings is 4. The smallest absolute Gasteiger partial charge is 0.109 e. The topological polar surface area (TPSA) is 15.7 Å². The molecule has 0 aliphatic carbocycles. The maximum atomic E-state index is 7.37. The van der Waals surface area contributed by atoms with Gasteiger partial charge in [-0.05, 0) is 72.4 Å². The van der Waals surface area contributed by atoms with E-state index in [2.05, 4.69) is 147 Å². The van der Waals surface area contributed by atoms with Crippen molar-refractivity contribution in [1.82, 2.24) is 9.80 Å². The first-order valence-electron chi connectivity index (χ1n) is 15.5. The van der Waals surface area contributed by atoms with E-state index in [0.29, 0.717) is 0 Å². The van der Waals surface area contributed by atoms with E-state index in [1.807, 2.05) is 0 Å². The van der Waals surface area contributed by atoms with E-state index in [4.69, 9.17) is 4.74 Å². The molecule has 0 saturated heterocycles. The third kappa shape index (κ3) is 8.39. The van der Waals surface area contributed by atoms with Crippen LogP contribution in [0.5, 0.6) is 0 Å². The molecule has 0 aromatic heterocycles. The Balaban J connectivity index is 1.77. The standard InChI is InChI=1S/C38H48N2O/c1-5-39(6-2)29-27-31-19-15-17-25-35(31)37(33-21-11-9-12-22-33)41-38(34-23-13-10-14-24-34)36-26-18-16-20-32(36)28-30-40(7-3)8-4/h9-26,37-38H,5-8,27-30H2,1-4H3. The van der Waals surface area contributed by atoms with Gasteiger partial charge < -0.3 is 14.5 Å². The van der Waals surface area contributed by atoms with Crippen LogP contribution in [-0.4, -0.2) is 49.1 Å². The molecule has 4 aromatic carbocycles. The zero-order chi connectivity index (χ0) is 28.9. The maximum absolute atomic E-state index is 7.37. The minimum atomic E-state index is -0.190. The van der Waals surface area contributed by atoms with Crippen LogP contribution >= 0.6 is 0 Å². The van der Waals surface area contributed by atoms with E-state index >= 15 is 0 Å². The molecule has 0 spiro atoms. The van der Waals surface area contributed by atoms with Crippen molar-refractivity contribution in [2.24, 2.45) is 0 Å². The predicted octanol–water partition coefficient (Wildman–Crippen LogP) is 8.35. The summed E-state index contributed by atoms with van der Waals surface area (Å²) >= 11 is 0. The molecular weight excluding hydrogens is 500 g/mol. The molecule has 41 heavy (non-hydrogen) atoms. The number of nitrogens with zero attached hydrogens (tertiary/aromatic N) is 2. The van der Waals surface area contributed by atoms with Gasteiger partial charge in [-0.1, -0.05) is 137 Å². The minimum Gasteiger partial charge on any atom is -0.356 e. The SMILES string of the molecule is CCN(CC)CCc1ccccc1C(OC(c1ccccc1)c1ccccc1CCN(CC)CC)c1ccccc1. The fraction of sp³-hybridized carbons (Fsp3) is 0.368. The molecule has 2 unspecified atom stereocenters. The Morgan fingerprint density at radius 2 is 0.805 bits per heavy atom. The van der Waals surface area contributed by atoms with E-state index < -0.39 is 0 Å². The molecule has 4 rings (SSSR count). The number of hydrogen-bond donors (Lipinski definition) is 0. The van der Waals surface area contributed by atoms with E-state index in [9.17, 15) is 0 Å². The Bertz CT molecular complexity index is 1180. The summed E-state index contributed by atoms with van der Waals surface area (Å²) in [5, 5.41) is 0. The Morgan fingerprint density at radius 3 is 1.17 bits per heavy atom. The molecule has 0 radical (unpaired) electrons. The highest BCUT2D eigenvalue weighted by molar-refractivity contribution is 5.40. The summed E-state index contributed by atoms with van der Waals surface area (Å²) in [6, 6.07) is 39.3. The number of ether oxygens (including phenoxy) is 1. The summed E-state index contributed by atoms with van der Waals surface area (Å²) in [4.78, 5) is 4.99. The van der Waals surface area contributed by atoms with E-state index in [1.165, 1.54) is 33.4 Å². The van der Waals surface area contributed by atoms with Crippen molar-refractivity contribution in [3.05, 3.63) is 143 Å². The molecule has 0 fully saturated rings. The van der Waals surface area contributed by atoms with Crippen LogP contribution in [0.3, 0.4) is 0 Å². The van der Waals surface area contributed by atoms with Gasteiger partial charge in [0, 0.05) is 13.1 Å². The second-order valence-corrected chi connectivity index (χ2v) is 10.7. The fourth-order valence-electron chi connectivity index (χ4n) is 5.73. The van der Waals surface area contributed by atoms with Crippen molar-refractivity contribution in [1.29, 1.82) is 0 Å². The Morgan fingerprint density at radius 1 is 0.463 bits per heavy atom.